The molecule has 6 heteroatoms. The number of hydrogen-bond donors (Lipinski definition) is 2. The van der Waals surface area contributed by atoms with E-state index in [0.29, 0.717) is 22.8 Å². The van der Waals surface area contributed by atoms with Crippen LogP contribution < -0.4 is 10.6 Å². The fraction of sp³-hybridized carbons (Fsp3) is 0.167. The van der Waals surface area contributed by atoms with Crippen LogP contribution in [0.1, 0.15) is 28.6 Å². The van der Waals surface area contributed by atoms with Gasteiger partial charge in [-0.25, -0.2) is 0 Å². The minimum atomic E-state index is -0.216. The first-order chi connectivity index (χ1) is 11.6. The molecule has 122 valence electrons. The Hall–Kier alpha value is -3.15. The van der Waals surface area contributed by atoms with Gasteiger partial charge in [-0.2, -0.15) is 0 Å². The molecule has 2 aromatic heterocycles. The highest BCUT2D eigenvalue weighted by molar-refractivity contribution is 6.04. The largest absolute Gasteiger partial charge is 0.360 e. The van der Waals surface area contributed by atoms with Gasteiger partial charge < -0.3 is 15.2 Å². The molecule has 0 spiro atoms. The zero-order valence-electron chi connectivity index (χ0n) is 13.5. The summed E-state index contributed by atoms with van der Waals surface area (Å²) in [6.07, 6.45) is 4.11. The molecule has 0 atom stereocenters. The molecule has 2 N–H and O–H groups in total. The summed E-state index contributed by atoms with van der Waals surface area (Å²) in [6.45, 7) is 3.90. The predicted molar refractivity (Wildman–Crippen MR) is 92.5 cm³/mol. The van der Waals surface area contributed by atoms with Gasteiger partial charge in [-0.05, 0) is 37.1 Å². The molecule has 0 saturated carbocycles. The number of nitrogens with zero attached hydrogens (tertiary/aromatic N) is 2. The predicted octanol–water partition coefficient (Wildman–Crippen LogP) is 3.94. The number of rotatable bonds is 5. The summed E-state index contributed by atoms with van der Waals surface area (Å²) >= 11 is 0. The summed E-state index contributed by atoms with van der Waals surface area (Å²) in [7, 11) is 0. The van der Waals surface area contributed by atoms with Crippen LogP contribution in [0, 0.1) is 6.92 Å². The van der Waals surface area contributed by atoms with Gasteiger partial charge in [0, 0.05) is 18.0 Å². The van der Waals surface area contributed by atoms with E-state index >= 15 is 0 Å². The molecule has 0 saturated heterocycles. The van der Waals surface area contributed by atoms with Gasteiger partial charge >= 0.3 is 0 Å². The molecule has 0 aliphatic carbocycles. The summed E-state index contributed by atoms with van der Waals surface area (Å²) in [4.78, 5) is 16.5. The second-order valence-corrected chi connectivity index (χ2v) is 5.41. The van der Waals surface area contributed by atoms with Crippen molar-refractivity contribution in [2.75, 3.05) is 10.6 Å². The molecule has 3 rings (SSSR count). The highest BCUT2D eigenvalue weighted by Gasteiger charge is 2.09. The Balaban J connectivity index is 1.71. The van der Waals surface area contributed by atoms with Crippen LogP contribution in [0.5, 0.6) is 0 Å². The van der Waals surface area contributed by atoms with E-state index in [0.717, 1.165) is 12.1 Å². The van der Waals surface area contributed by atoms with Crippen LogP contribution >= 0.6 is 0 Å². The van der Waals surface area contributed by atoms with Crippen LogP contribution in [0.4, 0.5) is 17.2 Å². The number of aryl methyl sites for hydroxylation is 2. The molecular formula is C18H18N4O2. The topological polar surface area (TPSA) is 80.0 Å². The first kappa shape index (κ1) is 15.7. The van der Waals surface area contributed by atoms with E-state index in [1.807, 2.05) is 31.2 Å². The van der Waals surface area contributed by atoms with Crippen molar-refractivity contribution in [1.82, 2.24) is 10.1 Å². The van der Waals surface area contributed by atoms with Gasteiger partial charge in [0.15, 0.2) is 5.82 Å². The van der Waals surface area contributed by atoms with E-state index in [2.05, 4.69) is 27.7 Å². The molecule has 0 unspecified atom stereocenters. The first-order valence-electron chi connectivity index (χ1n) is 7.69. The number of hydrogen-bond acceptors (Lipinski definition) is 5. The molecule has 0 bridgehead atoms. The summed E-state index contributed by atoms with van der Waals surface area (Å²) in [5.41, 5.74) is 3.10. The molecule has 0 aliphatic rings. The second kappa shape index (κ2) is 6.95. The molecule has 2 heterocycles. The Kier molecular flexibility index (Phi) is 4.56. The maximum absolute atomic E-state index is 12.4. The Bertz CT molecular complexity index is 840. The van der Waals surface area contributed by atoms with Crippen molar-refractivity contribution in [1.29, 1.82) is 0 Å². The second-order valence-electron chi connectivity index (χ2n) is 5.41. The lowest BCUT2D eigenvalue weighted by Gasteiger charge is -2.07. The highest BCUT2D eigenvalue weighted by atomic mass is 16.5. The van der Waals surface area contributed by atoms with E-state index in [1.54, 1.807) is 18.3 Å². The fourth-order valence-corrected chi connectivity index (χ4v) is 2.23. The monoisotopic (exact) mass is 322 g/mol. The third-order valence-corrected chi connectivity index (χ3v) is 3.52. The van der Waals surface area contributed by atoms with Crippen molar-refractivity contribution in [3.63, 3.8) is 0 Å². The lowest BCUT2D eigenvalue weighted by molar-refractivity contribution is 0.102. The van der Waals surface area contributed by atoms with E-state index in [9.17, 15) is 4.79 Å². The number of benzene rings is 1. The van der Waals surface area contributed by atoms with E-state index in [1.165, 1.54) is 11.8 Å². The van der Waals surface area contributed by atoms with Crippen molar-refractivity contribution >= 4 is 23.1 Å². The summed E-state index contributed by atoms with van der Waals surface area (Å²) in [5.74, 6) is 1.06. The minimum absolute atomic E-state index is 0.216. The Morgan fingerprint density at radius 1 is 1.12 bits per heavy atom. The maximum Gasteiger partial charge on any atom is 0.257 e. The number of carbonyl (C=O) groups is 1. The van der Waals surface area contributed by atoms with Crippen molar-refractivity contribution in [2.45, 2.75) is 20.3 Å². The third-order valence-electron chi connectivity index (χ3n) is 3.52. The van der Waals surface area contributed by atoms with E-state index in [4.69, 9.17) is 4.52 Å². The number of pyridine rings is 1. The number of nitrogens with one attached hydrogen (secondary N) is 2. The zero-order chi connectivity index (χ0) is 16.9. The van der Waals surface area contributed by atoms with Gasteiger partial charge in [-0.15, -0.1) is 0 Å². The number of amides is 1. The number of aromatic nitrogens is 2. The van der Waals surface area contributed by atoms with Crippen molar-refractivity contribution in [3.8, 4) is 0 Å². The average molecular weight is 322 g/mol. The van der Waals surface area contributed by atoms with Crippen LogP contribution in [0.3, 0.4) is 0 Å². The van der Waals surface area contributed by atoms with Gasteiger partial charge in [0.1, 0.15) is 5.76 Å². The van der Waals surface area contributed by atoms with E-state index < -0.39 is 0 Å². The van der Waals surface area contributed by atoms with Crippen molar-refractivity contribution in [3.05, 3.63) is 65.7 Å². The minimum Gasteiger partial charge on any atom is -0.360 e. The van der Waals surface area contributed by atoms with Gasteiger partial charge in [0.25, 0.3) is 5.91 Å². The van der Waals surface area contributed by atoms with Gasteiger partial charge in [-0.1, -0.05) is 24.2 Å². The Morgan fingerprint density at radius 2 is 1.92 bits per heavy atom. The van der Waals surface area contributed by atoms with Gasteiger partial charge in [0.2, 0.25) is 0 Å². The quantitative estimate of drug-likeness (QED) is 0.744. The molecule has 1 aromatic carbocycles. The number of carbonyl (C=O) groups excluding carboxylic acids is 1. The summed E-state index contributed by atoms with van der Waals surface area (Å²) < 4.78 is 5.00. The molecule has 0 fully saturated rings. The SMILES string of the molecule is CCc1ccc(NC(=O)c2cncc(Nc3cc(C)on3)c2)cc1. The maximum atomic E-state index is 12.4. The Labute approximate surface area is 139 Å². The lowest BCUT2D eigenvalue weighted by Crippen LogP contribution is -2.12. The summed E-state index contributed by atoms with van der Waals surface area (Å²) in [5, 5.41) is 9.77. The average Bonchev–Trinajstić information content (AvgIpc) is 3.00. The van der Waals surface area contributed by atoms with Crippen LogP contribution in [-0.2, 0) is 6.42 Å². The smallest absolute Gasteiger partial charge is 0.257 e. The first-order valence-corrected chi connectivity index (χ1v) is 7.69. The zero-order valence-corrected chi connectivity index (χ0v) is 13.5. The van der Waals surface area contributed by atoms with E-state index in [-0.39, 0.29) is 5.91 Å². The number of anilines is 3. The van der Waals surface area contributed by atoms with Crippen molar-refractivity contribution < 1.29 is 9.32 Å². The summed E-state index contributed by atoms with van der Waals surface area (Å²) in [6, 6.07) is 11.3. The molecule has 0 aliphatic heterocycles. The Morgan fingerprint density at radius 3 is 2.58 bits per heavy atom. The van der Waals surface area contributed by atoms with Crippen LogP contribution in [0.15, 0.2) is 53.3 Å². The molecule has 24 heavy (non-hydrogen) atoms. The van der Waals surface area contributed by atoms with Crippen LogP contribution in [0.25, 0.3) is 0 Å². The fourth-order valence-electron chi connectivity index (χ4n) is 2.23. The standard InChI is InChI=1S/C18H18N4O2/c1-3-13-4-6-15(7-5-13)21-18(23)14-9-16(11-19-10-14)20-17-8-12(2)24-22-17/h4-11H,3H2,1-2H3,(H,20,22)(H,21,23). The normalized spacial score (nSPS) is 10.4. The highest BCUT2D eigenvalue weighted by Crippen LogP contribution is 2.17. The van der Waals surface area contributed by atoms with Crippen LogP contribution in [-0.4, -0.2) is 16.0 Å². The molecule has 6 nitrogen and oxygen atoms in total. The van der Waals surface area contributed by atoms with Gasteiger partial charge in [0.05, 0.1) is 17.4 Å². The van der Waals surface area contributed by atoms with Crippen LogP contribution in [0.2, 0.25) is 0 Å². The van der Waals surface area contributed by atoms with Crippen molar-refractivity contribution in [2.24, 2.45) is 0 Å². The lowest BCUT2D eigenvalue weighted by atomic mass is 10.1. The molecule has 3 aromatic rings. The molecular weight excluding hydrogens is 304 g/mol. The molecule has 1 amide bonds. The van der Waals surface area contributed by atoms with Gasteiger partial charge in [-0.3, -0.25) is 9.78 Å². The third kappa shape index (κ3) is 3.78. The molecule has 0 radical (unpaired) electrons.